The van der Waals surface area contributed by atoms with Gasteiger partial charge in [0, 0.05) is 19.1 Å². The number of alkyl halides is 1. The van der Waals surface area contributed by atoms with Gasteiger partial charge in [-0.05, 0) is 18.8 Å². The number of likely N-dealkylation sites (tertiary alicyclic amines) is 1. The third-order valence-electron chi connectivity index (χ3n) is 2.62. The predicted molar refractivity (Wildman–Crippen MR) is 51.4 cm³/mol. The topological polar surface area (TPSA) is 23.5 Å². The molecule has 0 bridgehead atoms. The Morgan fingerprint density at radius 3 is 2.77 bits per heavy atom. The molecule has 0 amide bonds. The Morgan fingerprint density at radius 1 is 1.54 bits per heavy atom. The average molecular weight is 189 g/mol. The van der Waals surface area contributed by atoms with E-state index in [9.17, 15) is 9.50 Å². The first-order valence-corrected chi connectivity index (χ1v) is 5.11. The zero-order valence-electron chi connectivity index (χ0n) is 8.54. The molecule has 0 saturated carbocycles. The van der Waals surface area contributed by atoms with Crippen LogP contribution in [0.2, 0.25) is 0 Å². The average Bonchev–Trinajstić information content (AvgIpc) is 2.31. The molecule has 1 rings (SSSR count). The van der Waals surface area contributed by atoms with Crippen LogP contribution in [0.15, 0.2) is 0 Å². The van der Waals surface area contributed by atoms with Gasteiger partial charge in [0.1, 0.15) is 6.67 Å². The van der Waals surface area contributed by atoms with Crippen molar-refractivity contribution in [2.24, 2.45) is 5.92 Å². The number of aliphatic hydroxyl groups is 1. The lowest BCUT2D eigenvalue weighted by atomic mass is 10.0. The predicted octanol–water partition coefficient (Wildman–Crippen LogP) is 1.44. The van der Waals surface area contributed by atoms with Crippen molar-refractivity contribution in [2.75, 3.05) is 19.8 Å². The van der Waals surface area contributed by atoms with E-state index in [1.165, 1.54) is 0 Å². The number of nitrogens with zero attached hydrogens (tertiary/aromatic N) is 1. The number of β-amino-alcohol motifs (C(OH)–C–C–N with tert-alkyl or cyclic N) is 1. The van der Waals surface area contributed by atoms with Gasteiger partial charge in [0.05, 0.1) is 6.10 Å². The van der Waals surface area contributed by atoms with Gasteiger partial charge in [-0.2, -0.15) is 0 Å². The molecule has 13 heavy (non-hydrogen) atoms. The van der Waals surface area contributed by atoms with E-state index in [0.717, 1.165) is 12.8 Å². The molecule has 2 nitrogen and oxygen atoms in total. The quantitative estimate of drug-likeness (QED) is 0.723. The van der Waals surface area contributed by atoms with Crippen LogP contribution in [0.5, 0.6) is 0 Å². The van der Waals surface area contributed by atoms with E-state index in [1.54, 1.807) is 0 Å². The van der Waals surface area contributed by atoms with Crippen LogP contribution in [0.1, 0.15) is 26.7 Å². The number of halogens is 1. The summed E-state index contributed by atoms with van der Waals surface area (Å²) in [6.07, 6.45) is 1.64. The van der Waals surface area contributed by atoms with Gasteiger partial charge in [-0.1, -0.05) is 13.8 Å². The van der Waals surface area contributed by atoms with Crippen LogP contribution in [0.3, 0.4) is 0 Å². The first kappa shape index (κ1) is 10.9. The summed E-state index contributed by atoms with van der Waals surface area (Å²) in [5.41, 5.74) is 0. The van der Waals surface area contributed by atoms with Crippen molar-refractivity contribution in [3.63, 3.8) is 0 Å². The lowest BCUT2D eigenvalue weighted by molar-refractivity contribution is 0.169. The van der Waals surface area contributed by atoms with Crippen molar-refractivity contribution in [3.05, 3.63) is 0 Å². The summed E-state index contributed by atoms with van der Waals surface area (Å²) in [4.78, 5) is 2.07. The summed E-state index contributed by atoms with van der Waals surface area (Å²) < 4.78 is 12.2. The first-order chi connectivity index (χ1) is 6.13. The standard InChI is InChI=1S/C10H20FNO/c1-8(2)5-9-6-10(13)7-12(9)4-3-11/h8-10,13H,3-7H2,1-2H3/t9-,10-/m1/s1. The Hall–Kier alpha value is -0.150. The number of rotatable bonds is 4. The second kappa shape index (κ2) is 4.91. The van der Waals surface area contributed by atoms with E-state index in [1.807, 2.05) is 0 Å². The minimum absolute atomic E-state index is 0.240. The zero-order valence-corrected chi connectivity index (χ0v) is 8.54. The highest BCUT2D eigenvalue weighted by Gasteiger charge is 2.30. The maximum atomic E-state index is 12.2. The molecule has 2 atom stereocenters. The Morgan fingerprint density at radius 2 is 2.23 bits per heavy atom. The van der Waals surface area contributed by atoms with E-state index >= 15 is 0 Å². The monoisotopic (exact) mass is 189 g/mol. The molecule has 0 radical (unpaired) electrons. The molecule has 0 aromatic heterocycles. The van der Waals surface area contributed by atoms with Gasteiger partial charge in [0.15, 0.2) is 0 Å². The van der Waals surface area contributed by atoms with Gasteiger partial charge >= 0.3 is 0 Å². The van der Waals surface area contributed by atoms with Crippen LogP contribution in [0, 0.1) is 5.92 Å². The largest absolute Gasteiger partial charge is 0.392 e. The van der Waals surface area contributed by atoms with Gasteiger partial charge < -0.3 is 5.11 Å². The molecular weight excluding hydrogens is 169 g/mol. The molecule has 0 spiro atoms. The van der Waals surface area contributed by atoms with Crippen molar-refractivity contribution < 1.29 is 9.50 Å². The molecule has 1 fully saturated rings. The fourth-order valence-electron chi connectivity index (χ4n) is 2.13. The van der Waals surface area contributed by atoms with E-state index in [-0.39, 0.29) is 12.8 Å². The van der Waals surface area contributed by atoms with Crippen molar-refractivity contribution in [2.45, 2.75) is 38.8 Å². The number of hydrogen-bond donors (Lipinski definition) is 1. The molecule has 78 valence electrons. The summed E-state index contributed by atoms with van der Waals surface area (Å²) in [7, 11) is 0. The Bertz CT molecular complexity index is 152. The SMILES string of the molecule is CC(C)C[C@@H]1C[C@@H](O)CN1CCF. The smallest absolute Gasteiger partial charge is 0.102 e. The summed E-state index contributed by atoms with van der Waals surface area (Å²) in [5.74, 6) is 0.623. The maximum absolute atomic E-state index is 12.2. The van der Waals surface area contributed by atoms with Gasteiger partial charge in [0.2, 0.25) is 0 Å². The Balaban J connectivity index is 2.40. The Kier molecular flexibility index (Phi) is 4.13. The van der Waals surface area contributed by atoms with Gasteiger partial charge in [-0.25, -0.2) is 4.39 Å². The molecule has 3 heteroatoms. The van der Waals surface area contributed by atoms with Crippen molar-refractivity contribution in [1.29, 1.82) is 0 Å². The molecule has 0 aliphatic carbocycles. The van der Waals surface area contributed by atoms with E-state index in [2.05, 4.69) is 18.7 Å². The van der Waals surface area contributed by atoms with Crippen molar-refractivity contribution in [3.8, 4) is 0 Å². The molecule has 0 unspecified atom stereocenters. The number of aliphatic hydroxyl groups excluding tert-OH is 1. The zero-order chi connectivity index (χ0) is 9.84. The normalized spacial score (nSPS) is 30.2. The molecule has 1 N–H and O–H groups in total. The van der Waals surface area contributed by atoms with Crippen molar-refractivity contribution >= 4 is 0 Å². The lowest BCUT2D eigenvalue weighted by Crippen LogP contribution is -2.32. The molecule has 1 aliphatic heterocycles. The Labute approximate surface area is 79.7 Å². The summed E-state index contributed by atoms with van der Waals surface area (Å²) in [6.45, 7) is 5.16. The van der Waals surface area contributed by atoms with E-state index < -0.39 is 0 Å². The fourth-order valence-corrected chi connectivity index (χ4v) is 2.13. The summed E-state index contributed by atoms with van der Waals surface area (Å²) in [6, 6.07) is 0.394. The highest BCUT2D eigenvalue weighted by molar-refractivity contribution is 4.85. The van der Waals surface area contributed by atoms with Crippen LogP contribution < -0.4 is 0 Å². The van der Waals surface area contributed by atoms with E-state index in [0.29, 0.717) is 25.0 Å². The minimum atomic E-state index is -0.304. The van der Waals surface area contributed by atoms with Crippen LogP contribution in [-0.2, 0) is 0 Å². The molecule has 1 saturated heterocycles. The molecule has 0 aromatic carbocycles. The molecule has 0 aromatic rings. The molecule has 1 heterocycles. The lowest BCUT2D eigenvalue weighted by Gasteiger charge is -2.24. The van der Waals surface area contributed by atoms with Crippen LogP contribution >= 0.6 is 0 Å². The highest BCUT2D eigenvalue weighted by Crippen LogP contribution is 2.23. The van der Waals surface area contributed by atoms with Crippen molar-refractivity contribution in [1.82, 2.24) is 4.90 Å². The highest BCUT2D eigenvalue weighted by atomic mass is 19.1. The molecular formula is C10H20FNO. The number of hydrogen-bond acceptors (Lipinski definition) is 2. The van der Waals surface area contributed by atoms with Crippen LogP contribution in [0.4, 0.5) is 4.39 Å². The van der Waals surface area contributed by atoms with Gasteiger partial charge in [0.25, 0.3) is 0 Å². The van der Waals surface area contributed by atoms with Crippen LogP contribution in [-0.4, -0.2) is 41.9 Å². The third-order valence-corrected chi connectivity index (χ3v) is 2.62. The fraction of sp³-hybridized carbons (Fsp3) is 1.00. The first-order valence-electron chi connectivity index (χ1n) is 5.11. The summed E-state index contributed by atoms with van der Waals surface area (Å²) in [5, 5.41) is 9.45. The van der Waals surface area contributed by atoms with Crippen LogP contribution in [0.25, 0.3) is 0 Å². The molecule has 1 aliphatic rings. The minimum Gasteiger partial charge on any atom is -0.392 e. The van der Waals surface area contributed by atoms with E-state index in [4.69, 9.17) is 0 Å². The second-order valence-electron chi connectivity index (χ2n) is 4.36. The summed E-state index contributed by atoms with van der Waals surface area (Å²) >= 11 is 0. The maximum Gasteiger partial charge on any atom is 0.102 e. The van der Waals surface area contributed by atoms with Gasteiger partial charge in [-0.15, -0.1) is 0 Å². The second-order valence-corrected chi connectivity index (χ2v) is 4.36. The third kappa shape index (κ3) is 3.24. The van der Waals surface area contributed by atoms with Gasteiger partial charge in [-0.3, -0.25) is 4.90 Å².